The summed E-state index contributed by atoms with van der Waals surface area (Å²) in [5.41, 5.74) is 18.9. The Morgan fingerprint density at radius 2 is 0.742 bits per heavy atom. The summed E-state index contributed by atoms with van der Waals surface area (Å²) in [7, 11) is 0. The van der Waals surface area contributed by atoms with Crippen molar-refractivity contribution in [2.75, 3.05) is 9.80 Å². The molecular formula is C62H46N4. The van der Waals surface area contributed by atoms with Crippen molar-refractivity contribution < 1.29 is 0 Å². The molecule has 0 aliphatic heterocycles. The average Bonchev–Trinajstić information content (AvgIpc) is 3.71. The summed E-state index contributed by atoms with van der Waals surface area (Å²) >= 11 is 0. The summed E-state index contributed by atoms with van der Waals surface area (Å²) in [6.45, 7) is 13.5. The minimum absolute atomic E-state index is 0.210. The summed E-state index contributed by atoms with van der Waals surface area (Å²) in [4.78, 5) is 4.57. The van der Waals surface area contributed by atoms with E-state index in [-0.39, 0.29) is 10.8 Å². The van der Waals surface area contributed by atoms with Gasteiger partial charge in [0.25, 0.3) is 0 Å². The minimum atomic E-state index is -0.210. The molecule has 66 heavy (non-hydrogen) atoms. The van der Waals surface area contributed by atoms with Gasteiger partial charge in [-0.2, -0.15) is 10.5 Å². The van der Waals surface area contributed by atoms with E-state index < -0.39 is 0 Å². The molecular weight excluding hydrogens is 801 g/mol. The van der Waals surface area contributed by atoms with Crippen molar-refractivity contribution in [3.05, 3.63) is 214 Å². The Balaban J connectivity index is 1.13. The molecule has 0 amide bonds. The molecule has 0 unspecified atom stereocenters. The lowest BCUT2D eigenvalue weighted by Crippen LogP contribution is -2.17. The third-order valence-electron chi connectivity index (χ3n) is 14.8. The Morgan fingerprint density at radius 1 is 0.379 bits per heavy atom. The molecule has 2 aliphatic carbocycles. The fourth-order valence-electron chi connectivity index (χ4n) is 11.4. The Kier molecular flexibility index (Phi) is 8.46. The van der Waals surface area contributed by atoms with E-state index in [1.54, 1.807) is 0 Å². The van der Waals surface area contributed by atoms with Gasteiger partial charge in [0.1, 0.15) is 12.1 Å². The van der Waals surface area contributed by atoms with E-state index >= 15 is 0 Å². The van der Waals surface area contributed by atoms with Crippen LogP contribution < -0.4 is 9.80 Å². The van der Waals surface area contributed by atoms with Crippen LogP contribution in [0.2, 0.25) is 0 Å². The standard InChI is InChI=1S/C62H46N4/c1-37-15-21-43(22-16-37)65(45-25-29-49-47-11-7-9-13-53(47)61(3,4)55(49)33-45)59-41(35-63)31-39-20-28-52-58-40(19-27-51(59)57(39)58)32-42(36-64)60(52)66(44-23-17-38(2)18-24-44)46-26-30-50-48-12-8-10-14-54(48)62(5,6)56(50)34-46/h7-34H,1-6H3. The predicted octanol–water partition coefficient (Wildman–Crippen LogP) is 16.5. The second kappa shape index (κ2) is 14.2. The molecule has 0 saturated carbocycles. The first-order valence-electron chi connectivity index (χ1n) is 22.8. The van der Waals surface area contributed by atoms with Gasteiger partial charge in [-0.15, -0.1) is 0 Å². The fourth-order valence-corrected chi connectivity index (χ4v) is 11.4. The highest BCUT2D eigenvalue weighted by atomic mass is 15.2. The Bertz CT molecular complexity index is 3500. The second-order valence-electron chi connectivity index (χ2n) is 19.3. The highest BCUT2D eigenvalue weighted by Gasteiger charge is 2.38. The van der Waals surface area contributed by atoms with Crippen molar-refractivity contribution in [2.45, 2.75) is 52.4 Å². The number of anilines is 6. The molecule has 10 aromatic carbocycles. The predicted molar refractivity (Wildman–Crippen MR) is 274 cm³/mol. The lowest BCUT2D eigenvalue weighted by molar-refractivity contribution is 0.660. The van der Waals surface area contributed by atoms with Crippen LogP contribution in [0.3, 0.4) is 0 Å². The first-order valence-corrected chi connectivity index (χ1v) is 22.8. The smallest absolute Gasteiger partial charge is 0.101 e. The Hall–Kier alpha value is -8.18. The van der Waals surface area contributed by atoms with Crippen molar-refractivity contribution in [3.63, 3.8) is 0 Å². The molecule has 2 aliphatic rings. The van der Waals surface area contributed by atoms with Crippen LogP contribution in [-0.2, 0) is 10.8 Å². The van der Waals surface area contributed by atoms with Crippen molar-refractivity contribution in [1.29, 1.82) is 10.5 Å². The molecule has 4 heteroatoms. The molecule has 4 nitrogen and oxygen atoms in total. The van der Waals surface area contributed by atoms with Gasteiger partial charge in [0.15, 0.2) is 0 Å². The third-order valence-corrected chi connectivity index (χ3v) is 14.8. The highest BCUT2D eigenvalue weighted by Crippen LogP contribution is 2.55. The van der Waals surface area contributed by atoms with Crippen LogP contribution in [0.15, 0.2) is 170 Å². The van der Waals surface area contributed by atoms with E-state index in [1.165, 1.54) is 44.5 Å². The average molecular weight is 847 g/mol. The zero-order valence-electron chi connectivity index (χ0n) is 38.0. The normalized spacial score (nSPS) is 13.8. The lowest BCUT2D eigenvalue weighted by atomic mass is 9.82. The number of benzene rings is 10. The quantitative estimate of drug-likeness (QED) is 0.156. The molecule has 0 N–H and O–H groups in total. The molecule has 314 valence electrons. The lowest BCUT2D eigenvalue weighted by Gasteiger charge is -2.31. The maximum atomic E-state index is 11.1. The SMILES string of the molecule is Cc1ccc(N(c2ccc3c(c2)C(C)(C)c2ccccc2-3)c2c(C#N)cc3ccc4c(N(c5ccc(C)cc5)c5ccc6c(c5)C(C)(C)c5ccccc5-6)c(C#N)cc5ccc2c3c54)cc1. The van der Waals surface area contributed by atoms with Gasteiger partial charge < -0.3 is 9.80 Å². The number of hydrogen-bond donors (Lipinski definition) is 0. The molecule has 0 radical (unpaired) electrons. The number of aryl methyl sites for hydroxylation is 2. The zero-order valence-corrected chi connectivity index (χ0v) is 38.0. The van der Waals surface area contributed by atoms with Crippen LogP contribution in [0.1, 0.15) is 72.2 Å². The van der Waals surface area contributed by atoms with Gasteiger partial charge in [-0.05, 0) is 141 Å². The molecule has 12 rings (SSSR count). The number of hydrogen-bond acceptors (Lipinski definition) is 4. The van der Waals surface area contributed by atoms with Gasteiger partial charge in [0.2, 0.25) is 0 Å². The van der Waals surface area contributed by atoms with Crippen molar-refractivity contribution in [1.82, 2.24) is 0 Å². The summed E-state index contributed by atoms with van der Waals surface area (Å²) in [5.74, 6) is 0. The zero-order chi connectivity index (χ0) is 45.2. The maximum absolute atomic E-state index is 11.1. The number of nitrogens with zero attached hydrogens (tertiary/aromatic N) is 4. The van der Waals surface area contributed by atoms with Crippen LogP contribution in [0, 0.1) is 36.5 Å². The topological polar surface area (TPSA) is 54.1 Å². The first-order chi connectivity index (χ1) is 32.0. The number of rotatable bonds is 6. The van der Waals surface area contributed by atoms with E-state index in [2.05, 4.69) is 233 Å². The third kappa shape index (κ3) is 5.55. The molecule has 0 saturated heterocycles. The van der Waals surface area contributed by atoms with Gasteiger partial charge in [-0.25, -0.2) is 0 Å². The largest absolute Gasteiger partial charge is 0.309 e. The van der Waals surface area contributed by atoms with Crippen LogP contribution in [0.25, 0.3) is 54.6 Å². The van der Waals surface area contributed by atoms with Crippen molar-refractivity contribution in [2.24, 2.45) is 0 Å². The van der Waals surface area contributed by atoms with Crippen LogP contribution >= 0.6 is 0 Å². The summed E-state index contributed by atoms with van der Waals surface area (Å²) < 4.78 is 0. The molecule has 10 aromatic rings. The Labute approximate surface area is 386 Å². The van der Waals surface area contributed by atoms with Gasteiger partial charge in [0, 0.05) is 44.4 Å². The van der Waals surface area contributed by atoms with E-state index in [0.717, 1.165) is 77.6 Å². The summed E-state index contributed by atoms with van der Waals surface area (Å²) in [6.07, 6.45) is 0. The molecule has 0 heterocycles. The van der Waals surface area contributed by atoms with Crippen LogP contribution in [0.5, 0.6) is 0 Å². The minimum Gasteiger partial charge on any atom is -0.309 e. The van der Waals surface area contributed by atoms with Crippen molar-refractivity contribution >= 4 is 66.4 Å². The first kappa shape index (κ1) is 39.4. The molecule has 0 atom stereocenters. The van der Waals surface area contributed by atoms with Gasteiger partial charge in [-0.3, -0.25) is 0 Å². The van der Waals surface area contributed by atoms with Crippen LogP contribution in [-0.4, -0.2) is 0 Å². The highest BCUT2D eigenvalue weighted by molar-refractivity contribution is 6.29. The molecule has 0 bridgehead atoms. The van der Waals surface area contributed by atoms with E-state index in [1.807, 2.05) is 0 Å². The second-order valence-corrected chi connectivity index (χ2v) is 19.3. The van der Waals surface area contributed by atoms with Crippen molar-refractivity contribution in [3.8, 4) is 34.4 Å². The molecule has 0 fully saturated rings. The van der Waals surface area contributed by atoms with E-state index in [4.69, 9.17) is 0 Å². The maximum Gasteiger partial charge on any atom is 0.101 e. The summed E-state index contributed by atoms with van der Waals surface area (Å²) in [6, 6.07) is 66.3. The summed E-state index contributed by atoms with van der Waals surface area (Å²) in [5, 5.41) is 28.3. The van der Waals surface area contributed by atoms with Gasteiger partial charge >= 0.3 is 0 Å². The number of fused-ring (bicyclic) bond motifs is 6. The molecule has 0 spiro atoms. The monoisotopic (exact) mass is 846 g/mol. The fraction of sp³-hybridized carbons (Fsp3) is 0.129. The Morgan fingerprint density at radius 3 is 1.14 bits per heavy atom. The van der Waals surface area contributed by atoms with Gasteiger partial charge in [-0.1, -0.05) is 148 Å². The van der Waals surface area contributed by atoms with E-state index in [9.17, 15) is 10.5 Å². The van der Waals surface area contributed by atoms with Crippen LogP contribution in [0.4, 0.5) is 34.1 Å². The van der Waals surface area contributed by atoms with E-state index in [0.29, 0.717) is 11.1 Å². The number of nitriles is 2. The molecule has 0 aromatic heterocycles. The van der Waals surface area contributed by atoms with Gasteiger partial charge in [0.05, 0.1) is 22.5 Å².